The van der Waals surface area contributed by atoms with E-state index in [4.69, 9.17) is 4.98 Å². The van der Waals surface area contributed by atoms with Crippen molar-refractivity contribution in [3.63, 3.8) is 0 Å². The number of para-hydroxylation sites is 3. The summed E-state index contributed by atoms with van der Waals surface area (Å²) in [6.07, 6.45) is 0. The van der Waals surface area contributed by atoms with Gasteiger partial charge in [0.2, 0.25) is 0 Å². The van der Waals surface area contributed by atoms with E-state index in [0.717, 1.165) is 28.1 Å². The van der Waals surface area contributed by atoms with Crippen LogP contribution in [0.25, 0.3) is 110 Å². The minimum absolute atomic E-state index is 0.939. The van der Waals surface area contributed by atoms with Crippen molar-refractivity contribution in [1.82, 2.24) is 14.1 Å². The SMILES string of the molecule is c1ccc(-n2c3ccccc3c3c4ccccc4c(-c4ccc5c(c4)c4ccccc4n5-c4cc5c6c(cccc6n4)-c4ccccc4-5)cc32)cc1. The highest BCUT2D eigenvalue weighted by Crippen LogP contribution is 2.48. The Morgan fingerprint density at radius 3 is 1.79 bits per heavy atom. The molecule has 240 valence electrons. The first-order valence-corrected chi connectivity index (χ1v) is 17.9. The lowest BCUT2D eigenvalue weighted by atomic mass is 9.94. The number of rotatable bonds is 3. The fraction of sp³-hybridized carbons (Fsp3) is 0. The average Bonchev–Trinajstić information content (AvgIpc) is 3.84. The van der Waals surface area contributed by atoms with Gasteiger partial charge in [0.15, 0.2) is 0 Å². The Bertz CT molecular complexity index is 3290. The van der Waals surface area contributed by atoms with Crippen molar-refractivity contribution in [1.29, 1.82) is 0 Å². The Hall–Kier alpha value is -6.97. The van der Waals surface area contributed by atoms with Gasteiger partial charge in [0, 0.05) is 32.6 Å². The number of aromatic nitrogens is 3. The van der Waals surface area contributed by atoms with E-state index in [1.54, 1.807) is 0 Å². The summed E-state index contributed by atoms with van der Waals surface area (Å²) in [6.45, 7) is 0. The summed E-state index contributed by atoms with van der Waals surface area (Å²) in [5.74, 6) is 0.939. The third-order valence-electron chi connectivity index (χ3n) is 11.2. The molecular formula is C49H29N3. The second kappa shape index (κ2) is 10.3. The van der Waals surface area contributed by atoms with Crippen molar-refractivity contribution in [2.24, 2.45) is 0 Å². The standard InChI is InChI=1S/C49H29N3/c1-2-13-31(14-3-1)51-44-24-11-9-20-38(44)49-37-19-7-6-17-34(37)39(28-46(49)51)30-25-26-45-40(27-30)35-18-8-10-23-43(35)52(45)47-29-41-33-16-5-4-15-32(33)36-21-12-22-42(50-47)48(36)41/h1-29H. The second-order valence-corrected chi connectivity index (χ2v) is 13.9. The number of nitrogens with zero attached hydrogens (tertiary/aromatic N) is 3. The van der Waals surface area contributed by atoms with Gasteiger partial charge >= 0.3 is 0 Å². The molecule has 0 aliphatic heterocycles. The van der Waals surface area contributed by atoms with Crippen molar-refractivity contribution in [2.75, 3.05) is 0 Å². The molecule has 1 aliphatic rings. The van der Waals surface area contributed by atoms with E-state index in [2.05, 4.69) is 185 Å². The van der Waals surface area contributed by atoms with Gasteiger partial charge in [-0.25, -0.2) is 4.98 Å². The van der Waals surface area contributed by atoms with E-state index in [0.29, 0.717) is 0 Å². The summed E-state index contributed by atoms with van der Waals surface area (Å²) < 4.78 is 4.77. The van der Waals surface area contributed by atoms with Crippen molar-refractivity contribution in [3.8, 4) is 44.9 Å². The smallest absolute Gasteiger partial charge is 0.138 e. The van der Waals surface area contributed by atoms with E-state index in [9.17, 15) is 0 Å². The number of hydrogen-bond donors (Lipinski definition) is 0. The summed E-state index contributed by atoms with van der Waals surface area (Å²) in [5.41, 5.74) is 14.4. The van der Waals surface area contributed by atoms with Gasteiger partial charge in [-0.15, -0.1) is 0 Å². The summed E-state index contributed by atoms with van der Waals surface area (Å²) in [5, 5.41) is 8.75. The summed E-state index contributed by atoms with van der Waals surface area (Å²) in [7, 11) is 0. The molecule has 3 nitrogen and oxygen atoms in total. The van der Waals surface area contributed by atoms with Crippen LogP contribution in [0.15, 0.2) is 176 Å². The Balaban J connectivity index is 1.14. The molecule has 0 bridgehead atoms. The number of fused-ring (bicyclic) bond motifs is 11. The Kier molecular flexibility index (Phi) is 5.50. The maximum atomic E-state index is 5.34. The third-order valence-corrected chi connectivity index (χ3v) is 11.2. The first kappa shape index (κ1) is 27.8. The molecule has 52 heavy (non-hydrogen) atoms. The van der Waals surface area contributed by atoms with Crippen molar-refractivity contribution < 1.29 is 0 Å². The monoisotopic (exact) mass is 659 g/mol. The molecule has 11 aromatic rings. The van der Waals surface area contributed by atoms with Crippen LogP contribution in [-0.4, -0.2) is 14.1 Å². The van der Waals surface area contributed by atoms with Crippen LogP contribution in [-0.2, 0) is 0 Å². The van der Waals surface area contributed by atoms with E-state index in [1.165, 1.54) is 82.1 Å². The maximum Gasteiger partial charge on any atom is 0.138 e. The van der Waals surface area contributed by atoms with Crippen LogP contribution in [0.1, 0.15) is 0 Å². The molecule has 0 spiro atoms. The van der Waals surface area contributed by atoms with E-state index in [1.807, 2.05) is 0 Å². The van der Waals surface area contributed by atoms with Gasteiger partial charge in [0.25, 0.3) is 0 Å². The molecule has 0 fully saturated rings. The van der Waals surface area contributed by atoms with Crippen molar-refractivity contribution >= 4 is 65.3 Å². The minimum Gasteiger partial charge on any atom is -0.309 e. The van der Waals surface area contributed by atoms with Crippen LogP contribution in [0, 0.1) is 0 Å². The first-order chi connectivity index (χ1) is 25.8. The molecule has 0 atom stereocenters. The van der Waals surface area contributed by atoms with Crippen LogP contribution in [0.5, 0.6) is 0 Å². The lowest BCUT2D eigenvalue weighted by Crippen LogP contribution is -1.98. The number of hydrogen-bond acceptors (Lipinski definition) is 1. The molecule has 0 saturated carbocycles. The highest BCUT2D eigenvalue weighted by atomic mass is 15.1. The third kappa shape index (κ3) is 3.66. The molecule has 12 rings (SSSR count). The fourth-order valence-corrected chi connectivity index (χ4v) is 9.09. The molecular weight excluding hydrogens is 631 g/mol. The lowest BCUT2D eigenvalue weighted by Gasteiger charge is -2.13. The van der Waals surface area contributed by atoms with Gasteiger partial charge in [-0.05, 0) is 98.8 Å². The van der Waals surface area contributed by atoms with Crippen LogP contribution >= 0.6 is 0 Å². The molecule has 8 aromatic carbocycles. The van der Waals surface area contributed by atoms with Crippen LogP contribution < -0.4 is 0 Å². The molecule has 0 N–H and O–H groups in total. The Labute approximate surface area is 299 Å². The number of pyridine rings is 1. The largest absolute Gasteiger partial charge is 0.309 e. The molecule has 0 radical (unpaired) electrons. The van der Waals surface area contributed by atoms with E-state index < -0.39 is 0 Å². The first-order valence-electron chi connectivity index (χ1n) is 17.9. The van der Waals surface area contributed by atoms with Crippen molar-refractivity contribution in [3.05, 3.63) is 176 Å². The Morgan fingerprint density at radius 2 is 0.962 bits per heavy atom. The zero-order valence-electron chi connectivity index (χ0n) is 28.1. The van der Waals surface area contributed by atoms with Crippen molar-refractivity contribution in [2.45, 2.75) is 0 Å². The van der Waals surface area contributed by atoms with Gasteiger partial charge in [-0.1, -0.05) is 121 Å². The van der Waals surface area contributed by atoms with Crippen LogP contribution in [0.3, 0.4) is 0 Å². The fourth-order valence-electron chi connectivity index (χ4n) is 9.09. The summed E-state index contributed by atoms with van der Waals surface area (Å²) >= 11 is 0. The topological polar surface area (TPSA) is 22.8 Å². The minimum atomic E-state index is 0.939. The molecule has 3 heterocycles. The highest BCUT2D eigenvalue weighted by molar-refractivity contribution is 6.24. The molecule has 0 amide bonds. The van der Waals surface area contributed by atoms with Gasteiger partial charge in [0.05, 0.1) is 27.6 Å². The Morgan fingerprint density at radius 1 is 0.327 bits per heavy atom. The number of benzene rings is 8. The average molecular weight is 660 g/mol. The summed E-state index contributed by atoms with van der Waals surface area (Å²) in [4.78, 5) is 5.34. The molecule has 0 unspecified atom stereocenters. The highest BCUT2D eigenvalue weighted by Gasteiger charge is 2.24. The van der Waals surface area contributed by atoms with Gasteiger partial charge < -0.3 is 4.57 Å². The molecule has 1 aliphatic carbocycles. The normalized spacial score (nSPS) is 12.2. The predicted octanol–water partition coefficient (Wildman–Crippen LogP) is 12.9. The van der Waals surface area contributed by atoms with Gasteiger partial charge in [-0.2, -0.15) is 0 Å². The predicted molar refractivity (Wildman–Crippen MR) is 218 cm³/mol. The van der Waals surface area contributed by atoms with Crippen LogP contribution in [0.4, 0.5) is 0 Å². The zero-order chi connectivity index (χ0) is 33.9. The lowest BCUT2D eigenvalue weighted by molar-refractivity contribution is 1.10. The second-order valence-electron chi connectivity index (χ2n) is 13.9. The zero-order valence-corrected chi connectivity index (χ0v) is 28.1. The van der Waals surface area contributed by atoms with E-state index in [-0.39, 0.29) is 0 Å². The molecule has 3 aromatic heterocycles. The van der Waals surface area contributed by atoms with Crippen LogP contribution in [0.2, 0.25) is 0 Å². The van der Waals surface area contributed by atoms with E-state index >= 15 is 0 Å². The van der Waals surface area contributed by atoms with Gasteiger partial charge in [0.1, 0.15) is 5.82 Å². The quantitative estimate of drug-likeness (QED) is 0.185. The van der Waals surface area contributed by atoms with Gasteiger partial charge in [-0.3, -0.25) is 4.57 Å². The summed E-state index contributed by atoms with van der Waals surface area (Å²) in [6, 6.07) is 64.1. The maximum absolute atomic E-state index is 5.34. The molecule has 0 saturated heterocycles. The molecule has 3 heteroatoms.